The van der Waals surface area contributed by atoms with Crippen molar-refractivity contribution in [1.29, 1.82) is 0 Å². The molecule has 1 aromatic heterocycles. The van der Waals surface area contributed by atoms with Crippen LogP contribution in [0.3, 0.4) is 0 Å². The quantitative estimate of drug-likeness (QED) is 0.434. The molecule has 0 spiro atoms. The first-order valence-electron chi connectivity index (χ1n) is 9.55. The van der Waals surface area contributed by atoms with Crippen molar-refractivity contribution < 1.29 is 19.1 Å². The first-order valence-corrected chi connectivity index (χ1v) is 11.2. The molecule has 10 heteroatoms. The van der Waals surface area contributed by atoms with Crippen LogP contribution >= 0.6 is 27.3 Å². The summed E-state index contributed by atoms with van der Waals surface area (Å²) in [6, 6.07) is 7.15. The van der Waals surface area contributed by atoms with Gasteiger partial charge in [-0.1, -0.05) is 15.9 Å². The van der Waals surface area contributed by atoms with Crippen LogP contribution in [0.5, 0.6) is 0 Å². The monoisotopic (exact) mass is 498 g/mol. The molecule has 30 heavy (non-hydrogen) atoms. The van der Waals surface area contributed by atoms with Crippen LogP contribution in [0, 0.1) is 0 Å². The normalized spacial score (nSPS) is 10.6. The van der Waals surface area contributed by atoms with Crippen LogP contribution in [0.25, 0.3) is 0 Å². The number of ether oxygens (including phenoxy) is 2. The Balaban J connectivity index is 1.98. The molecule has 2 rings (SSSR count). The van der Waals surface area contributed by atoms with E-state index in [2.05, 4.69) is 31.5 Å². The highest BCUT2D eigenvalue weighted by Gasteiger charge is 2.17. The van der Waals surface area contributed by atoms with Crippen molar-refractivity contribution in [2.24, 2.45) is 0 Å². The molecule has 8 nitrogen and oxygen atoms in total. The van der Waals surface area contributed by atoms with Gasteiger partial charge in [-0.15, -0.1) is 11.3 Å². The summed E-state index contributed by atoms with van der Waals surface area (Å²) in [6.07, 6.45) is 1.44. The van der Waals surface area contributed by atoms with E-state index < -0.39 is 0 Å². The second-order valence-corrected chi connectivity index (χ2v) is 8.29. The number of thiazole rings is 1. The van der Waals surface area contributed by atoms with Gasteiger partial charge in [0.25, 0.3) is 5.91 Å². The van der Waals surface area contributed by atoms with Gasteiger partial charge in [0.05, 0.1) is 6.54 Å². The van der Waals surface area contributed by atoms with Crippen molar-refractivity contribution in [3.05, 3.63) is 44.8 Å². The average molecular weight is 499 g/mol. The third-order valence-electron chi connectivity index (χ3n) is 4.08. The predicted octanol–water partition coefficient (Wildman–Crippen LogP) is 3.74. The minimum Gasteiger partial charge on any atom is -0.385 e. The van der Waals surface area contributed by atoms with Gasteiger partial charge in [0.1, 0.15) is 10.7 Å². The molecule has 0 fully saturated rings. The van der Waals surface area contributed by atoms with Crippen molar-refractivity contribution in [2.45, 2.75) is 19.4 Å². The summed E-state index contributed by atoms with van der Waals surface area (Å²) >= 11 is 4.74. The standard InChI is InChI=1S/C20H27BrN4O4S/c1-28-11-3-9-22-19(26)17-14-30-18(24-17)13-25(10-4-12-29-2)20(27)23-16-7-5-15(21)6-8-16/h5-8,14H,3-4,9-13H2,1-2H3,(H,22,26)(H,23,27). The number of anilines is 1. The minimum absolute atomic E-state index is 0.223. The van der Waals surface area contributed by atoms with Crippen molar-refractivity contribution in [1.82, 2.24) is 15.2 Å². The smallest absolute Gasteiger partial charge is 0.322 e. The van der Waals surface area contributed by atoms with E-state index in [1.165, 1.54) is 11.3 Å². The van der Waals surface area contributed by atoms with E-state index in [9.17, 15) is 9.59 Å². The maximum Gasteiger partial charge on any atom is 0.322 e. The summed E-state index contributed by atoms with van der Waals surface area (Å²) in [5, 5.41) is 8.12. The maximum absolute atomic E-state index is 12.8. The largest absolute Gasteiger partial charge is 0.385 e. The molecule has 2 N–H and O–H groups in total. The second-order valence-electron chi connectivity index (χ2n) is 6.43. The Morgan fingerprint density at radius 3 is 2.53 bits per heavy atom. The Bertz CT molecular complexity index is 800. The molecule has 1 aromatic carbocycles. The lowest BCUT2D eigenvalue weighted by atomic mass is 10.3. The van der Waals surface area contributed by atoms with Gasteiger partial charge in [0, 0.05) is 56.1 Å². The molecule has 2 aromatic rings. The first-order chi connectivity index (χ1) is 14.5. The highest BCUT2D eigenvalue weighted by molar-refractivity contribution is 9.10. The fraction of sp³-hybridized carbons (Fsp3) is 0.450. The zero-order valence-corrected chi connectivity index (χ0v) is 19.6. The van der Waals surface area contributed by atoms with E-state index in [0.29, 0.717) is 55.7 Å². The van der Waals surface area contributed by atoms with Crippen LogP contribution in [0.15, 0.2) is 34.1 Å². The number of amides is 3. The third-order valence-corrected chi connectivity index (χ3v) is 5.44. The second kappa shape index (κ2) is 13.3. The molecular weight excluding hydrogens is 472 g/mol. The molecule has 0 aliphatic rings. The number of nitrogens with one attached hydrogen (secondary N) is 2. The lowest BCUT2D eigenvalue weighted by Gasteiger charge is -2.22. The number of methoxy groups -OCH3 is 2. The topological polar surface area (TPSA) is 92.8 Å². The Morgan fingerprint density at radius 1 is 1.13 bits per heavy atom. The van der Waals surface area contributed by atoms with Gasteiger partial charge in [0.2, 0.25) is 0 Å². The van der Waals surface area contributed by atoms with E-state index >= 15 is 0 Å². The molecule has 0 radical (unpaired) electrons. The van der Waals surface area contributed by atoms with E-state index in [1.807, 2.05) is 24.3 Å². The Morgan fingerprint density at radius 2 is 1.83 bits per heavy atom. The van der Waals surface area contributed by atoms with E-state index in [4.69, 9.17) is 9.47 Å². The molecule has 0 bridgehead atoms. The fourth-order valence-corrected chi connectivity index (χ4v) is 3.60. The Labute approximate surface area is 189 Å². The van der Waals surface area contributed by atoms with Crippen LogP contribution in [0.1, 0.15) is 28.3 Å². The zero-order valence-electron chi connectivity index (χ0n) is 17.2. The number of aromatic nitrogens is 1. The van der Waals surface area contributed by atoms with Crippen molar-refractivity contribution >= 4 is 44.9 Å². The van der Waals surface area contributed by atoms with E-state index in [1.54, 1.807) is 24.5 Å². The summed E-state index contributed by atoms with van der Waals surface area (Å²) in [5.41, 5.74) is 1.06. The summed E-state index contributed by atoms with van der Waals surface area (Å²) in [7, 11) is 3.25. The molecule has 164 valence electrons. The highest BCUT2D eigenvalue weighted by Crippen LogP contribution is 2.17. The maximum atomic E-state index is 12.8. The van der Waals surface area contributed by atoms with Crippen LogP contribution in [0.4, 0.5) is 10.5 Å². The number of nitrogens with zero attached hydrogens (tertiary/aromatic N) is 2. The van der Waals surface area contributed by atoms with Gasteiger partial charge >= 0.3 is 6.03 Å². The molecule has 0 saturated heterocycles. The number of carbonyl (C=O) groups is 2. The summed E-state index contributed by atoms with van der Waals surface area (Å²) < 4.78 is 11.0. The molecule has 0 aliphatic carbocycles. The number of carbonyl (C=O) groups excluding carboxylic acids is 2. The number of rotatable bonds is 12. The molecule has 0 unspecified atom stereocenters. The molecule has 3 amide bonds. The van der Waals surface area contributed by atoms with Crippen LogP contribution in [-0.2, 0) is 16.0 Å². The number of hydrogen-bond donors (Lipinski definition) is 2. The third kappa shape index (κ3) is 8.39. The highest BCUT2D eigenvalue weighted by atomic mass is 79.9. The van der Waals surface area contributed by atoms with Crippen LogP contribution in [0.2, 0.25) is 0 Å². The average Bonchev–Trinajstić information content (AvgIpc) is 3.21. The molecule has 0 saturated carbocycles. The van der Waals surface area contributed by atoms with Gasteiger partial charge in [-0.05, 0) is 37.1 Å². The number of halogens is 1. The number of hydrogen-bond acceptors (Lipinski definition) is 6. The van der Waals surface area contributed by atoms with Gasteiger partial charge < -0.3 is 25.0 Å². The van der Waals surface area contributed by atoms with Crippen molar-refractivity contribution in [3.63, 3.8) is 0 Å². The van der Waals surface area contributed by atoms with Gasteiger partial charge in [0.15, 0.2) is 0 Å². The molecule has 0 aliphatic heterocycles. The van der Waals surface area contributed by atoms with Gasteiger partial charge in [-0.2, -0.15) is 0 Å². The molecular formula is C20H27BrN4O4S. The van der Waals surface area contributed by atoms with E-state index in [0.717, 1.165) is 10.9 Å². The van der Waals surface area contributed by atoms with Crippen LogP contribution < -0.4 is 10.6 Å². The molecule has 1 heterocycles. The summed E-state index contributed by atoms with van der Waals surface area (Å²) in [6.45, 7) is 2.49. The lowest BCUT2D eigenvalue weighted by molar-refractivity contribution is 0.0944. The Hall–Kier alpha value is -2.01. The van der Waals surface area contributed by atoms with Gasteiger partial charge in [-0.25, -0.2) is 9.78 Å². The number of benzene rings is 1. The van der Waals surface area contributed by atoms with Crippen molar-refractivity contribution in [2.75, 3.05) is 45.8 Å². The summed E-state index contributed by atoms with van der Waals surface area (Å²) in [4.78, 5) is 31.0. The van der Waals surface area contributed by atoms with Gasteiger partial charge in [-0.3, -0.25) is 4.79 Å². The Kier molecular flexibility index (Phi) is 10.8. The predicted molar refractivity (Wildman–Crippen MR) is 121 cm³/mol. The zero-order chi connectivity index (χ0) is 21.8. The van der Waals surface area contributed by atoms with Crippen LogP contribution in [-0.4, -0.2) is 62.3 Å². The first kappa shape index (κ1) is 24.3. The number of urea groups is 1. The van der Waals surface area contributed by atoms with Crippen molar-refractivity contribution in [3.8, 4) is 0 Å². The molecule has 0 atom stereocenters. The summed E-state index contributed by atoms with van der Waals surface area (Å²) in [5.74, 6) is -0.223. The fourth-order valence-electron chi connectivity index (χ4n) is 2.55. The minimum atomic E-state index is -0.228. The van der Waals surface area contributed by atoms with E-state index in [-0.39, 0.29) is 11.9 Å². The SMILES string of the molecule is COCCCNC(=O)c1csc(CN(CCCOC)C(=O)Nc2ccc(Br)cc2)n1. The lowest BCUT2D eigenvalue weighted by Crippen LogP contribution is -2.35.